The molecule has 0 aliphatic carbocycles. The van der Waals surface area contributed by atoms with E-state index in [2.05, 4.69) is 9.71 Å². The molecule has 0 unspecified atom stereocenters. The summed E-state index contributed by atoms with van der Waals surface area (Å²) in [6, 6.07) is 6.89. The van der Waals surface area contributed by atoms with Crippen molar-refractivity contribution >= 4 is 20.8 Å². The van der Waals surface area contributed by atoms with Gasteiger partial charge in [-0.25, -0.2) is 8.42 Å². The number of hydrogen-bond acceptors (Lipinski definition) is 5. The Kier molecular flexibility index (Phi) is 4.64. The lowest BCUT2D eigenvalue weighted by Gasteiger charge is -2.04. The lowest BCUT2D eigenvalue weighted by atomic mass is 10.1. The van der Waals surface area contributed by atoms with Crippen LogP contribution in [0, 0.1) is 0 Å². The van der Waals surface area contributed by atoms with Crippen molar-refractivity contribution in [2.24, 2.45) is 4.99 Å². The highest BCUT2D eigenvalue weighted by molar-refractivity contribution is 8.00. The molecule has 0 bridgehead atoms. The zero-order valence-electron chi connectivity index (χ0n) is 12.2. The minimum atomic E-state index is -3.58. The molecular weight excluding hydrogens is 292 g/mol. The van der Waals surface area contributed by atoms with Crippen LogP contribution >= 0.6 is 0 Å². The quantitative estimate of drug-likeness (QED) is 0.834. The number of ether oxygens (including phenoxy) is 2. The van der Waals surface area contributed by atoms with Gasteiger partial charge in [0.05, 0.1) is 20.3 Å². The van der Waals surface area contributed by atoms with E-state index < -0.39 is 10.0 Å². The third kappa shape index (κ3) is 3.25. The normalized spacial score (nSPS) is 18.9. The second-order valence-electron chi connectivity index (χ2n) is 4.51. The van der Waals surface area contributed by atoms with Crippen molar-refractivity contribution in [1.29, 1.82) is 0 Å². The molecule has 1 N–H and O–H groups in total. The number of nitrogens with one attached hydrogen (secondary N) is 1. The van der Waals surface area contributed by atoms with Crippen LogP contribution in [-0.4, -0.2) is 41.6 Å². The van der Waals surface area contributed by atoms with Crippen molar-refractivity contribution in [1.82, 2.24) is 4.72 Å². The molecule has 114 valence electrons. The fourth-order valence-corrected chi connectivity index (χ4v) is 3.60. The van der Waals surface area contributed by atoms with Gasteiger partial charge in [-0.2, -0.15) is 0 Å². The molecule has 0 fully saturated rings. The van der Waals surface area contributed by atoms with E-state index in [-0.39, 0.29) is 4.91 Å². The van der Waals surface area contributed by atoms with Gasteiger partial charge in [0.25, 0.3) is 10.0 Å². The first-order valence-corrected chi connectivity index (χ1v) is 7.90. The number of nitrogens with zero attached hydrogens (tertiary/aromatic N) is 1. The van der Waals surface area contributed by atoms with Gasteiger partial charge >= 0.3 is 0 Å². The number of aliphatic imine (C=N–C) groups is 1. The molecule has 0 atom stereocenters. The molecule has 1 aliphatic rings. The van der Waals surface area contributed by atoms with Crippen molar-refractivity contribution in [3.8, 4) is 5.75 Å². The van der Waals surface area contributed by atoms with E-state index in [1.165, 1.54) is 0 Å². The third-order valence-electron chi connectivity index (χ3n) is 3.11. The maximum Gasteiger partial charge on any atom is 0.264 e. The van der Waals surface area contributed by atoms with E-state index >= 15 is 0 Å². The molecule has 2 rings (SSSR count). The zero-order chi connectivity index (χ0) is 15.5. The van der Waals surface area contributed by atoms with Crippen LogP contribution in [0.5, 0.6) is 5.75 Å². The standard InChI is InChI=1S/C14H18N2O4S/c1-10-13(11-4-6-12(20-3)7-5-11)21(17,18)16-14(10)15-8-9-19-2/h4-7H,8-9H2,1-3H3,(H,15,16). The van der Waals surface area contributed by atoms with Crippen LogP contribution in [0.2, 0.25) is 0 Å². The number of amidine groups is 1. The van der Waals surface area contributed by atoms with Crippen LogP contribution in [0.25, 0.3) is 4.91 Å². The average Bonchev–Trinajstić information content (AvgIpc) is 2.69. The first kappa shape index (κ1) is 15.5. The molecule has 7 heteroatoms. The molecule has 0 radical (unpaired) electrons. The van der Waals surface area contributed by atoms with Crippen LogP contribution < -0.4 is 9.46 Å². The fraction of sp³-hybridized carbons (Fsp3) is 0.357. The first-order chi connectivity index (χ1) is 9.99. The van der Waals surface area contributed by atoms with Crippen molar-refractivity contribution in [3.63, 3.8) is 0 Å². The Hall–Kier alpha value is -1.86. The molecule has 1 aromatic rings. The smallest absolute Gasteiger partial charge is 0.264 e. The highest BCUT2D eigenvalue weighted by Crippen LogP contribution is 2.30. The van der Waals surface area contributed by atoms with Crippen molar-refractivity contribution < 1.29 is 17.9 Å². The molecule has 0 saturated heterocycles. The molecule has 21 heavy (non-hydrogen) atoms. The minimum absolute atomic E-state index is 0.251. The van der Waals surface area contributed by atoms with Crippen LogP contribution in [0.1, 0.15) is 12.5 Å². The van der Waals surface area contributed by atoms with E-state index in [4.69, 9.17) is 9.47 Å². The Bertz CT molecular complexity index is 675. The molecule has 0 aromatic heterocycles. The Balaban J connectivity index is 2.40. The largest absolute Gasteiger partial charge is 0.497 e. The molecular formula is C14H18N2O4S. The minimum Gasteiger partial charge on any atom is -0.497 e. The number of sulfonamides is 1. The van der Waals surface area contributed by atoms with Gasteiger partial charge in [0, 0.05) is 12.7 Å². The SMILES string of the molecule is COCCN=C1NS(=O)(=O)C(c2ccc(OC)cc2)=C1C. The van der Waals surface area contributed by atoms with E-state index in [1.807, 2.05) is 0 Å². The van der Waals surface area contributed by atoms with Crippen molar-refractivity contribution in [2.75, 3.05) is 27.4 Å². The molecule has 0 saturated carbocycles. The second kappa shape index (κ2) is 6.28. The lowest BCUT2D eigenvalue weighted by molar-refractivity contribution is 0.208. The fourth-order valence-electron chi connectivity index (χ4n) is 2.08. The molecule has 0 spiro atoms. The molecule has 1 aliphatic heterocycles. The first-order valence-electron chi connectivity index (χ1n) is 6.41. The second-order valence-corrected chi connectivity index (χ2v) is 6.13. The Morgan fingerprint density at radius 3 is 2.43 bits per heavy atom. The predicted octanol–water partition coefficient (Wildman–Crippen LogP) is 1.40. The highest BCUT2D eigenvalue weighted by atomic mass is 32.2. The number of benzene rings is 1. The summed E-state index contributed by atoms with van der Waals surface area (Å²) in [5.41, 5.74) is 1.22. The van der Waals surface area contributed by atoms with Gasteiger partial charge in [-0.15, -0.1) is 0 Å². The topological polar surface area (TPSA) is 77.0 Å². The van der Waals surface area contributed by atoms with Gasteiger partial charge in [-0.05, 0) is 36.8 Å². The van der Waals surface area contributed by atoms with Gasteiger partial charge in [0.1, 0.15) is 16.5 Å². The summed E-state index contributed by atoms with van der Waals surface area (Å²) in [6.07, 6.45) is 0. The monoisotopic (exact) mass is 310 g/mol. The van der Waals surface area contributed by atoms with Gasteiger partial charge in [0.15, 0.2) is 0 Å². The Morgan fingerprint density at radius 1 is 1.19 bits per heavy atom. The highest BCUT2D eigenvalue weighted by Gasteiger charge is 2.32. The summed E-state index contributed by atoms with van der Waals surface area (Å²) in [7, 11) is -0.441. The summed E-state index contributed by atoms with van der Waals surface area (Å²) >= 11 is 0. The van der Waals surface area contributed by atoms with Gasteiger partial charge in [-0.3, -0.25) is 9.71 Å². The van der Waals surface area contributed by atoms with Crippen molar-refractivity contribution in [2.45, 2.75) is 6.92 Å². The van der Waals surface area contributed by atoms with Crippen molar-refractivity contribution in [3.05, 3.63) is 35.4 Å². The predicted molar refractivity (Wildman–Crippen MR) is 81.8 cm³/mol. The Morgan fingerprint density at radius 2 is 1.86 bits per heavy atom. The number of methoxy groups -OCH3 is 2. The lowest BCUT2D eigenvalue weighted by Crippen LogP contribution is -2.24. The van der Waals surface area contributed by atoms with Crippen LogP contribution in [0.3, 0.4) is 0 Å². The maximum absolute atomic E-state index is 12.3. The maximum atomic E-state index is 12.3. The third-order valence-corrected chi connectivity index (χ3v) is 4.65. The van der Waals surface area contributed by atoms with Crippen LogP contribution in [0.4, 0.5) is 0 Å². The summed E-state index contributed by atoms with van der Waals surface area (Å²) in [5, 5.41) is 0. The zero-order valence-corrected chi connectivity index (χ0v) is 13.0. The molecule has 0 amide bonds. The van der Waals surface area contributed by atoms with Gasteiger partial charge in [-0.1, -0.05) is 0 Å². The van der Waals surface area contributed by atoms with E-state index in [0.29, 0.717) is 35.9 Å². The molecule has 1 aromatic carbocycles. The summed E-state index contributed by atoms with van der Waals surface area (Å²) < 4.78 is 37.0. The van der Waals surface area contributed by atoms with E-state index in [9.17, 15) is 8.42 Å². The Labute approximate surface area is 124 Å². The van der Waals surface area contributed by atoms with E-state index in [0.717, 1.165) is 0 Å². The molecule has 1 heterocycles. The average molecular weight is 310 g/mol. The molecule has 6 nitrogen and oxygen atoms in total. The van der Waals surface area contributed by atoms with Crippen LogP contribution in [0.15, 0.2) is 34.8 Å². The number of hydrogen-bond donors (Lipinski definition) is 1. The van der Waals surface area contributed by atoms with Crippen LogP contribution in [-0.2, 0) is 14.8 Å². The summed E-state index contributed by atoms with van der Waals surface area (Å²) in [6.45, 7) is 2.58. The van der Waals surface area contributed by atoms with Gasteiger partial charge in [0.2, 0.25) is 0 Å². The van der Waals surface area contributed by atoms with Gasteiger partial charge < -0.3 is 9.47 Å². The summed E-state index contributed by atoms with van der Waals surface area (Å²) in [4.78, 5) is 4.47. The number of rotatable bonds is 5. The summed E-state index contributed by atoms with van der Waals surface area (Å²) in [5.74, 6) is 1.05. The van der Waals surface area contributed by atoms with E-state index in [1.54, 1.807) is 45.4 Å².